The first-order chi connectivity index (χ1) is 8.71. The Morgan fingerprint density at radius 2 is 1.94 bits per heavy atom. The maximum absolute atomic E-state index is 8.65. The van der Waals surface area contributed by atoms with Gasteiger partial charge in [0.1, 0.15) is 0 Å². The second kappa shape index (κ2) is 7.73. The topological polar surface area (TPSA) is 62.8 Å². The van der Waals surface area contributed by atoms with Gasteiger partial charge in [-0.3, -0.25) is 0 Å². The van der Waals surface area contributed by atoms with Crippen LogP contribution in [0.2, 0.25) is 0 Å². The highest BCUT2D eigenvalue weighted by Crippen LogP contribution is 2.27. The van der Waals surface area contributed by atoms with Crippen LogP contribution >= 0.6 is 12.2 Å². The highest BCUT2D eigenvalue weighted by molar-refractivity contribution is 7.80. The number of rotatable bonds is 6. The van der Waals surface area contributed by atoms with Crippen molar-refractivity contribution in [2.45, 2.75) is 6.54 Å². The van der Waals surface area contributed by atoms with Gasteiger partial charge in [0.25, 0.3) is 0 Å². The summed E-state index contributed by atoms with van der Waals surface area (Å²) in [4.78, 5) is 0. The second-order valence-corrected chi connectivity index (χ2v) is 3.93. The lowest BCUT2D eigenvalue weighted by Gasteiger charge is -2.12. The van der Waals surface area contributed by atoms with Gasteiger partial charge in [0.05, 0.1) is 20.8 Å². The second-order valence-electron chi connectivity index (χ2n) is 3.52. The lowest BCUT2D eigenvalue weighted by molar-refractivity contribution is 0.300. The summed E-state index contributed by atoms with van der Waals surface area (Å²) in [6.07, 6.45) is 0. The van der Waals surface area contributed by atoms with E-state index in [9.17, 15) is 0 Å². The van der Waals surface area contributed by atoms with Crippen molar-refractivity contribution in [3.8, 4) is 11.5 Å². The summed E-state index contributed by atoms with van der Waals surface area (Å²) in [5, 5.41) is 15.1. The molecule has 1 rings (SSSR count). The Balaban J connectivity index is 2.55. The molecule has 0 heterocycles. The van der Waals surface area contributed by atoms with Gasteiger partial charge < -0.3 is 25.2 Å². The zero-order valence-electron chi connectivity index (χ0n) is 10.5. The van der Waals surface area contributed by atoms with E-state index in [2.05, 4.69) is 10.6 Å². The first-order valence-electron chi connectivity index (χ1n) is 5.54. The van der Waals surface area contributed by atoms with Crippen molar-refractivity contribution in [1.82, 2.24) is 10.6 Å². The van der Waals surface area contributed by atoms with E-state index in [1.165, 1.54) is 0 Å². The average Bonchev–Trinajstić information content (AvgIpc) is 2.42. The van der Waals surface area contributed by atoms with E-state index in [1.807, 2.05) is 18.2 Å². The summed E-state index contributed by atoms with van der Waals surface area (Å²) in [6, 6.07) is 5.67. The number of hydrogen-bond donors (Lipinski definition) is 3. The molecule has 0 radical (unpaired) electrons. The minimum Gasteiger partial charge on any atom is -0.493 e. The van der Waals surface area contributed by atoms with Gasteiger partial charge in [0, 0.05) is 13.1 Å². The summed E-state index contributed by atoms with van der Waals surface area (Å²) in [5.74, 6) is 1.38. The van der Waals surface area contributed by atoms with Crippen molar-refractivity contribution >= 4 is 17.3 Å². The molecule has 100 valence electrons. The van der Waals surface area contributed by atoms with Gasteiger partial charge in [-0.1, -0.05) is 6.07 Å². The Hall–Kier alpha value is -1.53. The Morgan fingerprint density at radius 1 is 1.22 bits per heavy atom. The standard InChI is InChI=1S/C12H18N2O3S/c1-16-10-4-3-9(7-11(10)17-2)8-14-12(18)13-5-6-15/h3-4,7,15H,5-6,8H2,1-2H3,(H2,13,14,18). The predicted octanol–water partition coefficient (Wildman–Crippen LogP) is 0.660. The van der Waals surface area contributed by atoms with Crippen molar-refractivity contribution in [2.75, 3.05) is 27.4 Å². The first kappa shape index (κ1) is 14.5. The SMILES string of the molecule is COc1ccc(CNC(=S)NCCO)cc1OC. The van der Waals surface area contributed by atoms with E-state index < -0.39 is 0 Å². The Kier molecular flexibility index (Phi) is 6.24. The fraction of sp³-hybridized carbons (Fsp3) is 0.417. The molecule has 0 unspecified atom stereocenters. The van der Waals surface area contributed by atoms with E-state index in [1.54, 1.807) is 14.2 Å². The molecule has 0 aliphatic carbocycles. The van der Waals surface area contributed by atoms with Crippen LogP contribution in [0.5, 0.6) is 11.5 Å². The number of hydrogen-bond acceptors (Lipinski definition) is 4. The van der Waals surface area contributed by atoms with Crippen molar-refractivity contribution in [3.63, 3.8) is 0 Å². The zero-order chi connectivity index (χ0) is 13.4. The quantitative estimate of drug-likeness (QED) is 0.660. The summed E-state index contributed by atoms with van der Waals surface area (Å²) in [7, 11) is 3.20. The number of aliphatic hydroxyl groups excluding tert-OH is 1. The first-order valence-corrected chi connectivity index (χ1v) is 5.95. The maximum Gasteiger partial charge on any atom is 0.166 e. The van der Waals surface area contributed by atoms with Crippen LogP contribution in [0.1, 0.15) is 5.56 Å². The van der Waals surface area contributed by atoms with Gasteiger partial charge in [-0.25, -0.2) is 0 Å². The van der Waals surface area contributed by atoms with Crippen molar-refractivity contribution in [1.29, 1.82) is 0 Å². The maximum atomic E-state index is 8.65. The molecule has 0 bridgehead atoms. The van der Waals surface area contributed by atoms with Crippen LogP contribution in [0.4, 0.5) is 0 Å². The fourth-order valence-corrected chi connectivity index (χ4v) is 1.58. The van der Waals surface area contributed by atoms with Crippen LogP contribution in [0.25, 0.3) is 0 Å². The van der Waals surface area contributed by atoms with Crippen molar-refractivity contribution < 1.29 is 14.6 Å². The molecule has 5 nitrogen and oxygen atoms in total. The van der Waals surface area contributed by atoms with Gasteiger partial charge in [0.15, 0.2) is 16.6 Å². The summed E-state index contributed by atoms with van der Waals surface area (Å²) >= 11 is 5.04. The van der Waals surface area contributed by atoms with Gasteiger partial charge in [-0.2, -0.15) is 0 Å². The van der Waals surface area contributed by atoms with Crippen LogP contribution in [0.3, 0.4) is 0 Å². The molecule has 0 saturated heterocycles. The number of ether oxygens (including phenoxy) is 2. The zero-order valence-corrected chi connectivity index (χ0v) is 11.3. The average molecular weight is 270 g/mol. The minimum absolute atomic E-state index is 0.0537. The van der Waals surface area contributed by atoms with Crippen LogP contribution in [0.15, 0.2) is 18.2 Å². The van der Waals surface area contributed by atoms with Gasteiger partial charge in [-0.05, 0) is 29.9 Å². The third kappa shape index (κ3) is 4.38. The fourth-order valence-electron chi connectivity index (χ4n) is 1.40. The van der Waals surface area contributed by atoms with E-state index in [-0.39, 0.29) is 6.61 Å². The molecule has 18 heavy (non-hydrogen) atoms. The van der Waals surface area contributed by atoms with Gasteiger partial charge in [0.2, 0.25) is 0 Å². The van der Waals surface area contributed by atoms with E-state index in [0.717, 1.165) is 5.56 Å². The lowest BCUT2D eigenvalue weighted by atomic mass is 10.2. The van der Waals surface area contributed by atoms with E-state index in [0.29, 0.717) is 29.7 Å². The Bertz CT molecular complexity index is 399. The highest BCUT2D eigenvalue weighted by Gasteiger charge is 2.04. The molecule has 0 saturated carbocycles. The predicted molar refractivity (Wildman–Crippen MR) is 74.1 cm³/mol. The number of nitrogens with one attached hydrogen (secondary N) is 2. The molecule has 0 aliphatic heterocycles. The number of methoxy groups -OCH3 is 2. The van der Waals surface area contributed by atoms with Crippen LogP contribution < -0.4 is 20.1 Å². The molecule has 0 atom stereocenters. The highest BCUT2D eigenvalue weighted by atomic mass is 32.1. The molecule has 0 aromatic heterocycles. The molecule has 3 N–H and O–H groups in total. The van der Waals surface area contributed by atoms with E-state index >= 15 is 0 Å². The third-order valence-electron chi connectivity index (χ3n) is 2.30. The van der Waals surface area contributed by atoms with Crippen LogP contribution in [0, 0.1) is 0 Å². The largest absolute Gasteiger partial charge is 0.493 e. The third-order valence-corrected chi connectivity index (χ3v) is 2.59. The van der Waals surface area contributed by atoms with Crippen LogP contribution in [-0.4, -0.2) is 37.6 Å². The Labute approximate surface area is 112 Å². The summed E-state index contributed by atoms with van der Waals surface area (Å²) < 4.78 is 10.4. The Morgan fingerprint density at radius 3 is 2.56 bits per heavy atom. The number of benzene rings is 1. The molecule has 0 fully saturated rings. The molecule has 0 spiro atoms. The monoisotopic (exact) mass is 270 g/mol. The van der Waals surface area contributed by atoms with E-state index in [4.69, 9.17) is 26.8 Å². The minimum atomic E-state index is 0.0537. The van der Waals surface area contributed by atoms with Crippen molar-refractivity contribution in [3.05, 3.63) is 23.8 Å². The summed E-state index contributed by atoms with van der Waals surface area (Å²) in [5.41, 5.74) is 1.03. The van der Waals surface area contributed by atoms with Gasteiger partial charge in [-0.15, -0.1) is 0 Å². The van der Waals surface area contributed by atoms with Crippen molar-refractivity contribution in [2.24, 2.45) is 0 Å². The normalized spacial score (nSPS) is 9.72. The molecule has 1 aromatic carbocycles. The van der Waals surface area contributed by atoms with Crippen LogP contribution in [-0.2, 0) is 6.54 Å². The lowest BCUT2D eigenvalue weighted by Crippen LogP contribution is -2.36. The molecular weight excluding hydrogens is 252 g/mol. The number of thiocarbonyl (C=S) groups is 1. The summed E-state index contributed by atoms with van der Waals surface area (Å²) in [6.45, 7) is 1.08. The van der Waals surface area contributed by atoms with Gasteiger partial charge >= 0.3 is 0 Å². The molecular formula is C12H18N2O3S. The molecule has 0 amide bonds. The molecule has 6 heteroatoms. The number of aliphatic hydroxyl groups is 1. The molecule has 1 aromatic rings. The molecule has 0 aliphatic rings. The smallest absolute Gasteiger partial charge is 0.166 e.